The molecule has 1 saturated heterocycles. The number of ether oxygens (including phenoxy) is 2. The minimum absolute atomic E-state index is 0.0000846. The number of aliphatic hydroxyl groups is 1. The van der Waals surface area contributed by atoms with Gasteiger partial charge in [-0.15, -0.1) is 0 Å². The summed E-state index contributed by atoms with van der Waals surface area (Å²) < 4.78 is 15.2. The van der Waals surface area contributed by atoms with Gasteiger partial charge in [0.15, 0.2) is 6.29 Å². The Morgan fingerprint density at radius 3 is 2.46 bits per heavy atom. The van der Waals surface area contributed by atoms with Gasteiger partial charge in [0.1, 0.15) is 0 Å². The summed E-state index contributed by atoms with van der Waals surface area (Å²) in [6, 6.07) is 23.2. The Morgan fingerprint density at radius 2 is 1.73 bits per heavy atom. The van der Waals surface area contributed by atoms with Crippen LogP contribution in [0, 0.1) is 5.92 Å². The smallest absolute Gasteiger partial charge is 0.319 e. The Bertz CT molecular complexity index is 1340. The summed E-state index contributed by atoms with van der Waals surface area (Å²) >= 11 is 0. The Morgan fingerprint density at radius 1 is 1.00 bits per heavy atom. The van der Waals surface area contributed by atoms with Crippen LogP contribution < -0.4 is 10.6 Å². The van der Waals surface area contributed by atoms with Crippen LogP contribution in [0.2, 0.25) is 0 Å². The zero-order valence-electron chi connectivity index (χ0n) is 21.0. The van der Waals surface area contributed by atoms with Gasteiger partial charge < -0.3 is 29.8 Å². The fourth-order valence-electron chi connectivity index (χ4n) is 4.74. The van der Waals surface area contributed by atoms with E-state index < -0.39 is 6.29 Å². The number of rotatable bonds is 7. The van der Waals surface area contributed by atoms with Crippen molar-refractivity contribution < 1.29 is 19.4 Å². The van der Waals surface area contributed by atoms with Crippen LogP contribution in [0.15, 0.2) is 79.1 Å². The van der Waals surface area contributed by atoms with Crippen LogP contribution in [0.4, 0.5) is 10.5 Å². The Hall–Kier alpha value is -3.72. The first-order valence-electron chi connectivity index (χ1n) is 12.6. The maximum atomic E-state index is 11.9. The van der Waals surface area contributed by atoms with Gasteiger partial charge in [-0.05, 0) is 42.3 Å². The highest BCUT2D eigenvalue weighted by Gasteiger charge is 2.38. The summed E-state index contributed by atoms with van der Waals surface area (Å²) in [6.07, 6.45) is 0.918. The van der Waals surface area contributed by atoms with Crippen molar-refractivity contribution in [2.45, 2.75) is 45.5 Å². The van der Waals surface area contributed by atoms with E-state index in [9.17, 15) is 9.90 Å². The molecule has 0 bridgehead atoms. The minimum Gasteiger partial charge on any atom is -0.392 e. The molecule has 2 amide bonds. The molecule has 37 heavy (non-hydrogen) atoms. The predicted molar refractivity (Wildman–Crippen MR) is 142 cm³/mol. The predicted octanol–water partition coefficient (Wildman–Crippen LogP) is 5.16. The molecule has 4 aromatic rings. The molecule has 3 aromatic carbocycles. The molecule has 0 aliphatic carbocycles. The number of carbonyl (C=O) groups excluding carboxylic acids is 1. The summed E-state index contributed by atoms with van der Waals surface area (Å²) in [4.78, 5) is 16.4. The van der Waals surface area contributed by atoms with E-state index in [4.69, 9.17) is 9.47 Å². The first-order valence-corrected chi connectivity index (χ1v) is 12.6. The molecule has 8 heteroatoms. The summed E-state index contributed by atoms with van der Waals surface area (Å²) in [5, 5.41) is 15.0. The first-order chi connectivity index (χ1) is 18.1. The molecule has 192 valence electrons. The second kappa shape index (κ2) is 11.1. The second-order valence-corrected chi connectivity index (χ2v) is 9.31. The summed E-state index contributed by atoms with van der Waals surface area (Å²) in [7, 11) is 0. The number of imidazole rings is 1. The van der Waals surface area contributed by atoms with Crippen LogP contribution in [0.1, 0.15) is 42.9 Å². The number of anilines is 1. The van der Waals surface area contributed by atoms with Crippen LogP contribution in [0.3, 0.4) is 0 Å². The van der Waals surface area contributed by atoms with E-state index >= 15 is 0 Å². The van der Waals surface area contributed by atoms with Crippen molar-refractivity contribution in [3.05, 3.63) is 95.8 Å². The number of urea groups is 1. The monoisotopic (exact) mass is 500 g/mol. The number of nitrogens with one attached hydrogen (secondary N) is 2. The van der Waals surface area contributed by atoms with E-state index in [-0.39, 0.29) is 30.8 Å². The van der Waals surface area contributed by atoms with Crippen molar-refractivity contribution in [2.24, 2.45) is 5.92 Å². The van der Waals surface area contributed by atoms with E-state index in [2.05, 4.69) is 33.2 Å². The highest BCUT2D eigenvalue weighted by Crippen LogP contribution is 2.42. The molecule has 3 N–H and O–H groups in total. The minimum atomic E-state index is -0.586. The number of aromatic nitrogens is 2. The highest BCUT2D eigenvalue weighted by molar-refractivity contribution is 5.89. The van der Waals surface area contributed by atoms with Crippen LogP contribution in [0.5, 0.6) is 0 Å². The molecule has 5 rings (SSSR count). The molecular formula is C29H32N4O4. The molecule has 0 saturated carbocycles. The average molecular weight is 501 g/mol. The lowest BCUT2D eigenvalue weighted by molar-refractivity contribution is -0.276. The van der Waals surface area contributed by atoms with Crippen LogP contribution >= 0.6 is 0 Å². The van der Waals surface area contributed by atoms with Crippen LogP contribution in [0.25, 0.3) is 11.0 Å². The summed E-state index contributed by atoms with van der Waals surface area (Å²) in [5.74, 6) is 0.0519. The Balaban J connectivity index is 1.42. The quantitative estimate of drug-likeness (QED) is 0.326. The number of carbonyl (C=O) groups is 1. The van der Waals surface area contributed by atoms with E-state index in [1.165, 1.54) is 0 Å². The maximum Gasteiger partial charge on any atom is 0.319 e. The Kier molecular flexibility index (Phi) is 7.50. The van der Waals surface area contributed by atoms with E-state index in [1.807, 2.05) is 80.0 Å². The molecule has 1 fully saturated rings. The number of benzene rings is 3. The molecule has 0 spiro atoms. The lowest BCUT2D eigenvalue weighted by Crippen LogP contribution is -2.39. The van der Waals surface area contributed by atoms with Crippen molar-refractivity contribution in [3.63, 3.8) is 0 Å². The van der Waals surface area contributed by atoms with Crippen molar-refractivity contribution >= 4 is 22.8 Å². The van der Waals surface area contributed by atoms with Gasteiger partial charge in [0.05, 0.1) is 42.7 Å². The van der Waals surface area contributed by atoms with Gasteiger partial charge in [0, 0.05) is 23.7 Å². The van der Waals surface area contributed by atoms with Gasteiger partial charge in [-0.1, -0.05) is 55.5 Å². The van der Waals surface area contributed by atoms with Crippen molar-refractivity contribution in [1.82, 2.24) is 14.9 Å². The number of hydrogen-bond acceptors (Lipinski definition) is 5. The third kappa shape index (κ3) is 5.51. The zero-order valence-corrected chi connectivity index (χ0v) is 21.0. The lowest BCUT2D eigenvalue weighted by atomic mass is 9.90. The van der Waals surface area contributed by atoms with Gasteiger partial charge in [0.25, 0.3) is 0 Å². The second-order valence-electron chi connectivity index (χ2n) is 9.31. The van der Waals surface area contributed by atoms with E-state index in [1.54, 1.807) is 0 Å². The van der Waals surface area contributed by atoms with Crippen molar-refractivity contribution in [3.8, 4) is 0 Å². The van der Waals surface area contributed by atoms with E-state index in [0.29, 0.717) is 18.8 Å². The van der Waals surface area contributed by atoms with E-state index in [0.717, 1.165) is 27.7 Å². The topological polar surface area (TPSA) is 97.6 Å². The molecule has 1 aliphatic heterocycles. The standard InChI is InChI=1S/C29H32N4O4/c1-3-30-29(35)32-23-14-12-22(13-15-23)28-36-26(16-33-18-31-24-6-4-5-7-25(24)33)19(2)27(37-28)21-10-8-20(17-34)9-11-21/h4-15,18-19,26-28,34H,3,16-17H2,1-2H3,(H2,30,32,35)/t19-,26+,27+,28+/m1/s1. The summed E-state index contributed by atoms with van der Waals surface area (Å²) in [6.45, 7) is 5.20. The van der Waals surface area contributed by atoms with Gasteiger partial charge in [-0.2, -0.15) is 0 Å². The number of aliphatic hydroxyl groups excluding tert-OH is 1. The first kappa shape index (κ1) is 25.0. The highest BCUT2D eigenvalue weighted by atomic mass is 16.7. The Labute approximate surface area is 216 Å². The number of para-hydroxylation sites is 2. The van der Waals surface area contributed by atoms with Crippen LogP contribution in [-0.2, 0) is 22.6 Å². The van der Waals surface area contributed by atoms with Gasteiger partial charge in [-0.3, -0.25) is 0 Å². The van der Waals surface area contributed by atoms with Gasteiger partial charge in [0.2, 0.25) is 0 Å². The molecule has 2 heterocycles. The average Bonchev–Trinajstić information content (AvgIpc) is 3.33. The zero-order chi connectivity index (χ0) is 25.8. The summed E-state index contributed by atoms with van der Waals surface area (Å²) in [5.41, 5.74) is 5.46. The van der Waals surface area contributed by atoms with Crippen molar-refractivity contribution in [1.29, 1.82) is 0 Å². The van der Waals surface area contributed by atoms with Gasteiger partial charge in [-0.25, -0.2) is 9.78 Å². The van der Waals surface area contributed by atoms with Crippen molar-refractivity contribution in [2.75, 3.05) is 11.9 Å². The number of amides is 2. The molecule has 8 nitrogen and oxygen atoms in total. The molecular weight excluding hydrogens is 468 g/mol. The lowest BCUT2D eigenvalue weighted by Gasteiger charge is -2.41. The number of fused-ring (bicyclic) bond motifs is 1. The van der Waals surface area contributed by atoms with Gasteiger partial charge >= 0.3 is 6.03 Å². The number of nitrogens with zero attached hydrogens (tertiary/aromatic N) is 2. The fraction of sp³-hybridized carbons (Fsp3) is 0.310. The molecule has 4 atom stereocenters. The molecule has 1 aliphatic rings. The molecule has 0 radical (unpaired) electrons. The third-order valence-electron chi connectivity index (χ3n) is 6.81. The molecule has 1 aromatic heterocycles. The molecule has 0 unspecified atom stereocenters. The third-order valence-corrected chi connectivity index (χ3v) is 6.81. The normalized spacial score (nSPS) is 21.6. The number of hydrogen-bond donors (Lipinski definition) is 3. The maximum absolute atomic E-state index is 11.9. The fourth-order valence-corrected chi connectivity index (χ4v) is 4.74. The SMILES string of the molecule is CCNC(=O)Nc1ccc([C@H]2O[C@@H](Cn3cnc4ccccc43)[C@@H](C)[C@@H](c3ccc(CO)cc3)O2)cc1. The van der Waals surface area contributed by atoms with Crippen LogP contribution in [-0.4, -0.2) is 33.3 Å². The largest absolute Gasteiger partial charge is 0.392 e.